The predicted molar refractivity (Wildman–Crippen MR) is 103 cm³/mol. The molecule has 138 valence electrons. The van der Waals surface area contributed by atoms with Crippen LogP contribution in [0, 0.1) is 0 Å². The minimum absolute atomic E-state index is 0.236. The average molecular weight is 363 g/mol. The zero-order chi connectivity index (χ0) is 18.9. The van der Waals surface area contributed by atoms with Crippen LogP contribution in [0.3, 0.4) is 0 Å². The molecule has 1 amide bonds. The van der Waals surface area contributed by atoms with Gasteiger partial charge in [0.1, 0.15) is 5.75 Å². The third-order valence-electron chi connectivity index (χ3n) is 5.34. The number of aromatic nitrogens is 2. The van der Waals surface area contributed by atoms with Gasteiger partial charge in [0.15, 0.2) is 5.69 Å². The Bertz CT molecular complexity index is 1050. The van der Waals surface area contributed by atoms with Gasteiger partial charge in [-0.2, -0.15) is 5.10 Å². The van der Waals surface area contributed by atoms with E-state index in [1.165, 1.54) is 0 Å². The van der Waals surface area contributed by atoms with Crippen LogP contribution in [0.2, 0.25) is 0 Å². The number of amides is 1. The first-order chi connectivity index (χ1) is 13.1. The standard InChI is InChI=1S/C21H21N3O3/c1-27-15-8-6-7-14(13-15)21(11-4-5-12-21)22-20(26)18-16-9-2-3-10-17(16)19(25)24-23-18/h2-3,6-10,13H,4-5,11-12H2,1H3,(H,22,26)(H,24,25). The molecule has 0 radical (unpaired) electrons. The highest BCUT2D eigenvalue weighted by Crippen LogP contribution is 2.40. The lowest BCUT2D eigenvalue weighted by Crippen LogP contribution is -2.44. The summed E-state index contributed by atoms with van der Waals surface area (Å²) in [5.74, 6) is 0.479. The minimum atomic E-state index is -0.454. The molecule has 0 atom stereocenters. The molecule has 6 nitrogen and oxygen atoms in total. The fraction of sp³-hybridized carbons (Fsp3) is 0.286. The zero-order valence-corrected chi connectivity index (χ0v) is 15.1. The molecule has 2 N–H and O–H groups in total. The van der Waals surface area contributed by atoms with Crippen LogP contribution < -0.4 is 15.6 Å². The van der Waals surface area contributed by atoms with Gasteiger partial charge >= 0.3 is 0 Å². The molecule has 6 heteroatoms. The fourth-order valence-corrected chi connectivity index (χ4v) is 3.95. The van der Waals surface area contributed by atoms with Crippen LogP contribution >= 0.6 is 0 Å². The molecule has 0 spiro atoms. The SMILES string of the molecule is COc1cccc(C2(NC(=O)c3n[nH]c(=O)c4ccccc34)CCCC2)c1. The third kappa shape index (κ3) is 3.07. The fourth-order valence-electron chi connectivity index (χ4n) is 3.95. The molecule has 0 aliphatic heterocycles. The summed E-state index contributed by atoms with van der Waals surface area (Å²) >= 11 is 0. The molecule has 1 aromatic heterocycles. The van der Waals surface area contributed by atoms with Crippen molar-refractivity contribution in [3.05, 3.63) is 70.1 Å². The van der Waals surface area contributed by atoms with E-state index in [4.69, 9.17) is 4.74 Å². The molecule has 1 heterocycles. The predicted octanol–water partition coefficient (Wildman–Crippen LogP) is 3.13. The molecular weight excluding hydrogens is 342 g/mol. The van der Waals surface area contributed by atoms with Gasteiger partial charge in [0.05, 0.1) is 18.0 Å². The molecule has 1 aliphatic rings. The Morgan fingerprint density at radius 3 is 2.59 bits per heavy atom. The summed E-state index contributed by atoms with van der Waals surface area (Å²) in [6.45, 7) is 0. The van der Waals surface area contributed by atoms with Gasteiger partial charge in [0, 0.05) is 5.39 Å². The zero-order valence-electron chi connectivity index (χ0n) is 15.1. The molecule has 1 aliphatic carbocycles. The first-order valence-corrected chi connectivity index (χ1v) is 9.07. The molecular formula is C21H21N3O3. The molecule has 1 saturated carbocycles. The molecule has 0 unspecified atom stereocenters. The maximum Gasteiger partial charge on any atom is 0.273 e. The average Bonchev–Trinajstić information content (AvgIpc) is 3.18. The van der Waals surface area contributed by atoms with Crippen molar-refractivity contribution in [2.75, 3.05) is 7.11 Å². The second-order valence-corrected chi connectivity index (χ2v) is 6.92. The van der Waals surface area contributed by atoms with E-state index in [2.05, 4.69) is 15.5 Å². The van der Waals surface area contributed by atoms with Crippen molar-refractivity contribution < 1.29 is 9.53 Å². The Kier molecular flexibility index (Phi) is 4.39. The molecule has 27 heavy (non-hydrogen) atoms. The van der Waals surface area contributed by atoms with Gasteiger partial charge < -0.3 is 10.1 Å². The Morgan fingerprint density at radius 1 is 1.11 bits per heavy atom. The highest BCUT2D eigenvalue weighted by molar-refractivity contribution is 6.05. The quantitative estimate of drug-likeness (QED) is 0.746. The molecule has 3 aromatic rings. The number of methoxy groups -OCH3 is 1. The van der Waals surface area contributed by atoms with Gasteiger partial charge in [0.2, 0.25) is 0 Å². The van der Waals surface area contributed by atoms with Crippen molar-refractivity contribution >= 4 is 16.7 Å². The topological polar surface area (TPSA) is 84.1 Å². The summed E-state index contributed by atoms with van der Waals surface area (Å²) in [6.07, 6.45) is 3.79. The number of hydrogen-bond acceptors (Lipinski definition) is 4. The number of rotatable bonds is 4. The summed E-state index contributed by atoms with van der Waals surface area (Å²) in [6, 6.07) is 14.8. The van der Waals surface area contributed by atoms with Crippen LogP contribution in [-0.4, -0.2) is 23.2 Å². The van der Waals surface area contributed by atoms with Crippen molar-refractivity contribution in [3.63, 3.8) is 0 Å². The lowest BCUT2D eigenvalue weighted by atomic mass is 9.87. The highest BCUT2D eigenvalue weighted by atomic mass is 16.5. The number of nitrogens with zero attached hydrogens (tertiary/aromatic N) is 1. The van der Waals surface area contributed by atoms with Gasteiger partial charge in [-0.25, -0.2) is 5.10 Å². The molecule has 2 aromatic carbocycles. The van der Waals surface area contributed by atoms with Crippen LogP contribution in [0.25, 0.3) is 10.8 Å². The highest BCUT2D eigenvalue weighted by Gasteiger charge is 2.38. The van der Waals surface area contributed by atoms with E-state index < -0.39 is 5.54 Å². The maximum absolute atomic E-state index is 13.1. The van der Waals surface area contributed by atoms with E-state index in [0.717, 1.165) is 37.0 Å². The number of carbonyl (C=O) groups is 1. The van der Waals surface area contributed by atoms with Crippen LogP contribution in [0.15, 0.2) is 53.3 Å². The second kappa shape index (κ2) is 6.87. The van der Waals surface area contributed by atoms with E-state index in [-0.39, 0.29) is 17.2 Å². The monoisotopic (exact) mass is 363 g/mol. The Hall–Kier alpha value is -3.15. The lowest BCUT2D eigenvalue weighted by Gasteiger charge is -2.31. The van der Waals surface area contributed by atoms with Crippen LogP contribution in [0.1, 0.15) is 41.7 Å². The normalized spacial score (nSPS) is 15.6. The van der Waals surface area contributed by atoms with E-state index in [0.29, 0.717) is 10.8 Å². The first kappa shape index (κ1) is 17.3. The summed E-state index contributed by atoms with van der Waals surface area (Å²) in [7, 11) is 1.63. The number of hydrogen-bond donors (Lipinski definition) is 2. The minimum Gasteiger partial charge on any atom is -0.497 e. The van der Waals surface area contributed by atoms with Crippen LogP contribution in [0.4, 0.5) is 0 Å². The van der Waals surface area contributed by atoms with Gasteiger partial charge in [-0.1, -0.05) is 43.2 Å². The second-order valence-electron chi connectivity index (χ2n) is 6.92. The summed E-state index contributed by atoms with van der Waals surface area (Å²) in [5, 5.41) is 10.7. The molecule has 0 bridgehead atoms. The number of H-pyrrole nitrogens is 1. The number of fused-ring (bicyclic) bond motifs is 1. The number of ether oxygens (including phenoxy) is 1. The van der Waals surface area contributed by atoms with Crippen molar-refractivity contribution in [3.8, 4) is 5.75 Å². The molecule has 0 saturated heterocycles. The number of aromatic amines is 1. The van der Waals surface area contributed by atoms with Crippen LogP contribution in [-0.2, 0) is 5.54 Å². The largest absolute Gasteiger partial charge is 0.497 e. The summed E-state index contributed by atoms with van der Waals surface area (Å²) in [4.78, 5) is 25.1. The van der Waals surface area contributed by atoms with E-state index >= 15 is 0 Å². The van der Waals surface area contributed by atoms with Crippen molar-refractivity contribution in [2.45, 2.75) is 31.2 Å². The van der Waals surface area contributed by atoms with Gasteiger partial charge in [-0.15, -0.1) is 0 Å². The van der Waals surface area contributed by atoms with Crippen molar-refractivity contribution in [1.82, 2.24) is 15.5 Å². The van der Waals surface area contributed by atoms with Gasteiger partial charge in [-0.3, -0.25) is 9.59 Å². The smallest absolute Gasteiger partial charge is 0.273 e. The van der Waals surface area contributed by atoms with Gasteiger partial charge in [-0.05, 0) is 36.6 Å². The Balaban J connectivity index is 1.74. The molecule has 1 fully saturated rings. The van der Waals surface area contributed by atoms with Crippen molar-refractivity contribution in [2.24, 2.45) is 0 Å². The summed E-state index contributed by atoms with van der Waals surface area (Å²) in [5.41, 5.74) is 0.510. The molecule has 4 rings (SSSR count). The summed E-state index contributed by atoms with van der Waals surface area (Å²) < 4.78 is 5.36. The Morgan fingerprint density at radius 2 is 1.85 bits per heavy atom. The number of benzene rings is 2. The van der Waals surface area contributed by atoms with Gasteiger partial charge in [0.25, 0.3) is 11.5 Å². The lowest BCUT2D eigenvalue weighted by molar-refractivity contribution is 0.0893. The third-order valence-corrected chi connectivity index (χ3v) is 5.34. The van der Waals surface area contributed by atoms with E-state index in [9.17, 15) is 9.59 Å². The van der Waals surface area contributed by atoms with Crippen LogP contribution in [0.5, 0.6) is 5.75 Å². The number of carbonyl (C=O) groups excluding carboxylic acids is 1. The van der Waals surface area contributed by atoms with Crippen molar-refractivity contribution in [1.29, 1.82) is 0 Å². The van der Waals surface area contributed by atoms with E-state index in [1.807, 2.05) is 24.3 Å². The number of nitrogens with one attached hydrogen (secondary N) is 2. The maximum atomic E-state index is 13.1. The Labute approximate surface area is 156 Å². The van der Waals surface area contributed by atoms with E-state index in [1.54, 1.807) is 31.4 Å². The first-order valence-electron chi connectivity index (χ1n) is 9.07.